The van der Waals surface area contributed by atoms with Gasteiger partial charge in [0.25, 0.3) is 0 Å². The van der Waals surface area contributed by atoms with Gasteiger partial charge in [0.05, 0.1) is 11.7 Å². The molecule has 1 aromatic heterocycles. The monoisotopic (exact) mass is 263 g/mol. The Hall–Kier alpha value is -2.02. The normalized spacial score (nSPS) is 16.7. The number of nitrogens with two attached hydrogens (primary N) is 1. The Morgan fingerprint density at radius 3 is 2.84 bits per heavy atom. The van der Waals surface area contributed by atoms with Gasteiger partial charge in [0.15, 0.2) is 5.82 Å². The predicted molar refractivity (Wildman–Crippen MR) is 66.7 cm³/mol. The summed E-state index contributed by atoms with van der Waals surface area (Å²) in [6, 6.07) is 4.80. The van der Waals surface area contributed by atoms with E-state index in [2.05, 4.69) is 15.5 Å². The minimum atomic E-state index is -0.459. The van der Waals surface area contributed by atoms with E-state index in [1.54, 1.807) is 10.7 Å². The molecule has 1 aliphatic heterocycles. The highest BCUT2D eigenvalue weighted by Crippen LogP contribution is 2.26. The van der Waals surface area contributed by atoms with E-state index in [0.717, 1.165) is 12.8 Å². The molecule has 2 aromatic rings. The minimum Gasteiger partial charge on any atom is -0.396 e. The molecule has 0 unspecified atom stereocenters. The van der Waals surface area contributed by atoms with Gasteiger partial charge in [-0.1, -0.05) is 0 Å². The van der Waals surface area contributed by atoms with Crippen LogP contribution in [0.4, 0.5) is 10.1 Å². The number of ether oxygens (including phenoxy) is 1. The van der Waals surface area contributed by atoms with Crippen LogP contribution in [-0.4, -0.2) is 33.4 Å². The summed E-state index contributed by atoms with van der Waals surface area (Å²) in [5, 5.41) is 11.7. The Bertz CT molecular complexity index is 579. The summed E-state index contributed by atoms with van der Waals surface area (Å²) >= 11 is 0. The maximum Gasteiger partial charge on any atom is 0.182 e. The zero-order chi connectivity index (χ0) is 13.2. The molecule has 3 rings (SSSR count). The van der Waals surface area contributed by atoms with E-state index in [0.29, 0.717) is 24.6 Å². The number of anilines is 1. The molecule has 2 N–H and O–H groups in total. The van der Waals surface area contributed by atoms with Gasteiger partial charge >= 0.3 is 0 Å². The fourth-order valence-electron chi connectivity index (χ4n) is 2.23. The molecule has 1 saturated heterocycles. The first-order valence-electron chi connectivity index (χ1n) is 6.16. The maximum atomic E-state index is 13.5. The second-order valence-electron chi connectivity index (χ2n) is 4.53. The van der Waals surface area contributed by atoms with E-state index in [9.17, 15) is 4.39 Å². The van der Waals surface area contributed by atoms with Crippen molar-refractivity contribution in [1.29, 1.82) is 0 Å². The van der Waals surface area contributed by atoms with Crippen molar-refractivity contribution in [2.45, 2.75) is 18.9 Å². The Labute approximate surface area is 109 Å². The van der Waals surface area contributed by atoms with Crippen molar-refractivity contribution in [3.05, 3.63) is 24.0 Å². The quantitative estimate of drug-likeness (QED) is 0.829. The summed E-state index contributed by atoms with van der Waals surface area (Å²) in [5.74, 6) is 0.102. The van der Waals surface area contributed by atoms with Crippen LogP contribution in [-0.2, 0) is 4.74 Å². The van der Waals surface area contributed by atoms with E-state index >= 15 is 0 Å². The lowest BCUT2D eigenvalue weighted by Gasteiger charge is -2.22. The highest BCUT2D eigenvalue weighted by Gasteiger charge is 2.21. The zero-order valence-corrected chi connectivity index (χ0v) is 10.3. The van der Waals surface area contributed by atoms with Gasteiger partial charge in [-0.25, -0.2) is 9.07 Å². The van der Waals surface area contributed by atoms with Crippen molar-refractivity contribution in [3.8, 4) is 11.4 Å². The van der Waals surface area contributed by atoms with Gasteiger partial charge in [-0.15, -0.1) is 5.10 Å². The fraction of sp³-hybridized carbons (Fsp3) is 0.417. The standard InChI is InChI=1S/C12H14FN5O/c13-10-7-8(1-2-11(10)14)12-15-16-17-18(12)9-3-5-19-6-4-9/h1-2,7,9H,3-6,14H2. The molecule has 19 heavy (non-hydrogen) atoms. The second kappa shape index (κ2) is 4.93. The molecule has 1 fully saturated rings. The molecule has 0 aliphatic carbocycles. The molecule has 0 spiro atoms. The van der Waals surface area contributed by atoms with Crippen LogP contribution in [0.2, 0.25) is 0 Å². The van der Waals surface area contributed by atoms with Crippen molar-refractivity contribution < 1.29 is 9.13 Å². The first kappa shape index (κ1) is 12.0. The molecular formula is C12H14FN5O. The van der Waals surface area contributed by atoms with Crippen molar-refractivity contribution >= 4 is 5.69 Å². The van der Waals surface area contributed by atoms with Crippen molar-refractivity contribution in [3.63, 3.8) is 0 Å². The molecular weight excluding hydrogens is 249 g/mol. The molecule has 100 valence electrons. The van der Waals surface area contributed by atoms with E-state index in [1.165, 1.54) is 12.1 Å². The minimum absolute atomic E-state index is 0.119. The highest BCUT2D eigenvalue weighted by molar-refractivity contribution is 5.59. The Morgan fingerprint density at radius 1 is 1.32 bits per heavy atom. The summed E-state index contributed by atoms with van der Waals surface area (Å²) in [4.78, 5) is 0. The smallest absolute Gasteiger partial charge is 0.182 e. The average molecular weight is 263 g/mol. The zero-order valence-electron chi connectivity index (χ0n) is 10.3. The summed E-state index contributed by atoms with van der Waals surface area (Å²) in [5.41, 5.74) is 6.22. The second-order valence-corrected chi connectivity index (χ2v) is 4.53. The first-order chi connectivity index (χ1) is 9.25. The van der Waals surface area contributed by atoms with E-state index < -0.39 is 5.82 Å². The highest BCUT2D eigenvalue weighted by atomic mass is 19.1. The molecule has 0 saturated carbocycles. The summed E-state index contributed by atoms with van der Waals surface area (Å²) < 4.78 is 20.6. The lowest BCUT2D eigenvalue weighted by Crippen LogP contribution is -2.21. The molecule has 0 amide bonds. The number of halogens is 1. The topological polar surface area (TPSA) is 78.9 Å². The molecule has 6 nitrogen and oxygen atoms in total. The van der Waals surface area contributed by atoms with Crippen molar-refractivity contribution in [2.24, 2.45) is 0 Å². The number of tetrazole rings is 1. The predicted octanol–water partition coefficient (Wildman–Crippen LogP) is 1.41. The van der Waals surface area contributed by atoms with Gasteiger partial charge in [-0.3, -0.25) is 0 Å². The Morgan fingerprint density at radius 2 is 2.11 bits per heavy atom. The molecule has 0 atom stereocenters. The van der Waals surface area contributed by atoms with Crippen LogP contribution in [0.5, 0.6) is 0 Å². The molecule has 2 heterocycles. The number of benzene rings is 1. The fourth-order valence-corrected chi connectivity index (χ4v) is 2.23. The lowest BCUT2D eigenvalue weighted by molar-refractivity contribution is 0.0662. The van der Waals surface area contributed by atoms with Gasteiger partial charge in [0, 0.05) is 18.8 Å². The number of nitrogens with zero attached hydrogens (tertiary/aromatic N) is 4. The number of rotatable bonds is 2. The van der Waals surface area contributed by atoms with Crippen LogP contribution < -0.4 is 5.73 Å². The van der Waals surface area contributed by atoms with Gasteiger partial charge in [0.1, 0.15) is 5.82 Å². The lowest BCUT2D eigenvalue weighted by atomic mass is 10.1. The van der Waals surface area contributed by atoms with Crippen molar-refractivity contribution in [2.75, 3.05) is 18.9 Å². The third-order valence-corrected chi connectivity index (χ3v) is 3.29. The van der Waals surface area contributed by atoms with Gasteiger partial charge < -0.3 is 10.5 Å². The average Bonchev–Trinajstić information content (AvgIpc) is 2.92. The molecule has 0 radical (unpaired) electrons. The van der Waals surface area contributed by atoms with Crippen molar-refractivity contribution in [1.82, 2.24) is 20.2 Å². The largest absolute Gasteiger partial charge is 0.396 e. The molecule has 1 aromatic carbocycles. The van der Waals surface area contributed by atoms with E-state index in [4.69, 9.17) is 10.5 Å². The summed E-state index contributed by atoms with van der Waals surface area (Å²) in [6.45, 7) is 1.39. The Balaban J connectivity index is 1.96. The third-order valence-electron chi connectivity index (χ3n) is 3.29. The van der Waals surface area contributed by atoms with Crippen LogP contribution in [0.1, 0.15) is 18.9 Å². The van der Waals surface area contributed by atoms with E-state index in [-0.39, 0.29) is 11.7 Å². The molecule has 7 heteroatoms. The third kappa shape index (κ3) is 2.28. The van der Waals surface area contributed by atoms with Gasteiger partial charge in [-0.05, 0) is 41.5 Å². The molecule has 0 bridgehead atoms. The number of hydrogen-bond donors (Lipinski definition) is 1. The number of aromatic nitrogens is 4. The SMILES string of the molecule is Nc1ccc(-c2nnnn2C2CCOCC2)cc1F. The molecule has 1 aliphatic rings. The number of hydrogen-bond acceptors (Lipinski definition) is 5. The van der Waals surface area contributed by atoms with Gasteiger partial charge in [0.2, 0.25) is 0 Å². The van der Waals surface area contributed by atoms with Crippen LogP contribution in [0.3, 0.4) is 0 Å². The summed E-state index contributed by atoms with van der Waals surface area (Å²) in [6.07, 6.45) is 1.71. The van der Waals surface area contributed by atoms with Crippen LogP contribution in [0.25, 0.3) is 11.4 Å². The van der Waals surface area contributed by atoms with Gasteiger partial charge in [-0.2, -0.15) is 0 Å². The van der Waals surface area contributed by atoms with Crippen LogP contribution in [0.15, 0.2) is 18.2 Å². The van der Waals surface area contributed by atoms with Crippen LogP contribution >= 0.6 is 0 Å². The Kier molecular flexibility index (Phi) is 3.12. The number of nitrogen functional groups attached to an aromatic ring is 1. The summed E-state index contributed by atoms with van der Waals surface area (Å²) in [7, 11) is 0. The first-order valence-corrected chi connectivity index (χ1v) is 6.16. The van der Waals surface area contributed by atoms with E-state index in [1.807, 2.05) is 0 Å². The maximum absolute atomic E-state index is 13.5. The van der Waals surface area contributed by atoms with Crippen LogP contribution in [0, 0.1) is 5.82 Å².